The third kappa shape index (κ3) is 4.99. The molecule has 1 aliphatic rings. The van der Waals surface area contributed by atoms with Crippen LogP contribution in [-0.4, -0.2) is 37.5 Å². The normalized spacial score (nSPS) is 16.5. The van der Waals surface area contributed by atoms with Crippen molar-refractivity contribution in [2.24, 2.45) is 4.40 Å². The Morgan fingerprint density at radius 2 is 1.93 bits per heavy atom. The molecular weight excluding hydrogens is 430 g/mol. The fraction of sp³-hybridized carbons (Fsp3) is 0.105. The quantitative estimate of drug-likeness (QED) is 0.640. The average molecular weight is 447 g/mol. The SMILES string of the molecule is COc1cc(C=C2NC(=O)C(=NS(=O)(=O)c3ccc(NC(C)=O)cc3)S2)ccc1O. The molecule has 2 aromatic carbocycles. The van der Waals surface area contributed by atoms with E-state index < -0.39 is 15.9 Å². The molecule has 1 heterocycles. The maximum Gasteiger partial charge on any atom is 0.283 e. The van der Waals surface area contributed by atoms with Crippen LogP contribution in [0.4, 0.5) is 5.69 Å². The van der Waals surface area contributed by atoms with Crippen molar-refractivity contribution in [3.8, 4) is 11.5 Å². The smallest absolute Gasteiger partial charge is 0.283 e. The summed E-state index contributed by atoms with van der Waals surface area (Å²) in [5.41, 5.74) is 1.07. The number of anilines is 1. The summed E-state index contributed by atoms with van der Waals surface area (Å²) in [4.78, 5) is 23.1. The molecule has 1 aliphatic heterocycles. The van der Waals surface area contributed by atoms with Crippen molar-refractivity contribution < 1.29 is 27.9 Å². The Labute approximate surface area is 176 Å². The zero-order valence-corrected chi connectivity index (χ0v) is 17.5. The highest BCUT2D eigenvalue weighted by molar-refractivity contribution is 8.20. The van der Waals surface area contributed by atoms with Crippen molar-refractivity contribution in [1.82, 2.24) is 5.32 Å². The van der Waals surface area contributed by atoms with Gasteiger partial charge in [0.25, 0.3) is 15.9 Å². The Hall–Kier alpha value is -3.31. The molecule has 0 aliphatic carbocycles. The van der Waals surface area contributed by atoms with Crippen molar-refractivity contribution in [3.05, 3.63) is 53.1 Å². The van der Waals surface area contributed by atoms with E-state index in [2.05, 4.69) is 15.0 Å². The molecule has 0 unspecified atom stereocenters. The second kappa shape index (κ2) is 8.59. The monoisotopic (exact) mass is 447 g/mol. The number of nitrogens with zero attached hydrogens (tertiary/aromatic N) is 1. The Kier molecular flexibility index (Phi) is 6.13. The van der Waals surface area contributed by atoms with E-state index in [1.54, 1.807) is 18.2 Å². The summed E-state index contributed by atoms with van der Waals surface area (Å²) < 4.78 is 33.7. The number of phenols is 1. The minimum atomic E-state index is -4.12. The Morgan fingerprint density at radius 3 is 2.57 bits per heavy atom. The van der Waals surface area contributed by atoms with Crippen molar-refractivity contribution in [2.45, 2.75) is 11.8 Å². The van der Waals surface area contributed by atoms with E-state index in [1.807, 2.05) is 0 Å². The molecule has 3 N–H and O–H groups in total. The van der Waals surface area contributed by atoms with Crippen LogP contribution in [-0.2, 0) is 19.6 Å². The number of methoxy groups -OCH3 is 1. The molecule has 3 rings (SSSR count). The summed E-state index contributed by atoms with van der Waals surface area (Å²) in [7, 11) is -2.71. The first-order chi connectivity index (χ1) is 14.2. The molecule has 1 fully saturated rings. The van der Waals surface area contributed by atoms with E-state index in [9.17, 15) is 23.1 Å². The minimum Gasteiger partial charge on any atom is -0.504 e. The number of aromatic hydroxyl groups is 1. The molecule has 0 saturated carbocycles. The van der Waals surface area contributed by atoms with Crippen LogP contribution in [0.1, 0.15) is 12.5 Å². The van der Waals surface area contributed by atoms with Gasteiger partial charge in [0.2, 0.25) is 5.91 Å². The van der Waals surface area contributed by atoms with Crippen LogP contribution in [0, 0.1) is 0 Å². The van der Waals surface area contributed by atoms with Crippen LogP contribution in [0.15, 0.2) is 56.8 Å². The van der Waals surface area contributed by atoms with Gasteiger partial charge < -0.3 is 20.5 Å². The van der Waals surface area contributed by atoms with Crippen LogP contribution in [0.3, 0.4) is 0 Å². The van der Waals surface area contributed by atoms with Crippen LogP contribution in [0.25, 0.3) is 6.08 Å². The maximum atomic E-state index is 12.5. The van der Waals surface area contributed by atoms with E-state index in [0.29, 0.717) is 16.3 Å². The molecule has 0 radical (unpaired) electrons. The summed E-state index contributed by atoms with van der Waals surface area (Å²) >= 11 is 0.875. The van der Waals surface area contributed by atoms with E-state index in [1.165, 1.54) is 44.4 Å². The summed E-state index contributed by atoms with van der Waals surface area (Å²) in [6.07, 6.45) is 1.60. The van der Waals surface area contributed by atoms with E-state index in [0.717, 1.165) is 11.8 Å². The molecule has 0 bridgehead atoms. The molecule has 30 heavy (non-hydrogen) atoms. The number of benzene rings is 2. The number of phenolic OH excluding ortho intramolecular Hbond substituents is 1. The second-order valence-electron chi connectivity index (χ2n) is 6.07. The highest BCUT2D eigenvalue weighted by atomic mass is 32.2. The molecule has 156 valence electrons. The Morgan fingerprint density at radius 1 is 1.23 bits per heavy atom. The zero-order valence-electron chi connectivity index (χ0n) is 15.9. The van der Waals surface area contributed by atoms with Crippen molar-refractivity contribution in [1.29, 1.82) is 0 Å². The molecular formula is C19H17N3O6S2. The van der Waals surface area contributed by atoms with Crippen molar-refractivity contribution in [3.63, 3.8) is 0 Å². The van der Waals surface area contributed by atoms with Gasteiger partial charge in [0.15, 0.2) is 16.5 Å². The number of amides is 2. The number of thioether (sulfide) groups is 1. The lowest BCUT2D eigenvalue weighted by molar-refractivity contribution is -0.114. The third-order valence-corrected chi connectivity index (χ3v) is 6.13. The fourth-order valence-electron chi connectivity index (χ4n) is 2.48. The summed E-state index contributed by atoms with van der Waals surface area (Å²) in [6, 6.07) is 10.1. The second-order valence-corrected chi connectivity index (χ2v) is 8.71. The summed E-state index contributed by atoms with van der Waals surface area (Å²) in [6.45, 7) is 1.34. The number of hydrogen-bond acceptors (Lipinski definition) is 7. The lowest BCUT2D eigenvalue weighted by Gasteiger charge is -2.04. The predicted octanol–water partition coefficient (Wildman–Crippen LogP) is 2.31. The van der Waals surface area contributed by atoms with Crippen LogP contribution < -0.4 is 15.4 Å². The summed E-state index contributed by atoms with van der Waals surface area (Å²) in [5, 5.41) is 14.9. The number of ether oxygens (including phenoxy) is 1. The minimum absolute atomic E-state index is 0.0272. The molecule has 0 aromatic heterocycles. The number of nitrogens with one attached hydrogen (secondary N) is 2. The number of carbonyl (C=O) groups excluding carboxylic acids is 2. The standard InChI is InChI=1S/C19H17N3O6S2/c1-11(23)20-13-4-6-14(7-5-13)30(26,27)22-19-18(25)21-17(29-19)10-12-3-8-15(24)16(9-12)28-2/h3-10,24H,1-2H3,(H,20,23)(H,21,25). The average Bonchev–Trinajstić information content (AvgIpc) is 3.01. The van der Waals surface area contributed by atoms with E-state index in [4.69, 9.17) is 4.74 Å². The van der Waals surface area contributed by atoms with E-state index in [-0.39, 0.29) is 27.3 Å². The molecule has 11 heteroatoms. The number of rotatable bonds is 5. The highest BCUT2D eigenvalue weighted by Crippen LogP contribution is 2.30. The van der Waals surface area contributed by atoms with Gasteiger partial charge in [-0.1, -0.05) is 6.07 Å². The first-order valence-electron chi connectivity index (χ1n) is 8.48. The van der Waals surface area contributed by atoms with Gasteiger partial charge in [-0.3, -0.25) is 9.59 Å². The van der Waals surface area contributed by atoms with Gasteiger partial charge in [-0.15, -0.1) is 4.40 Å². The lowest BCUT2D eigenvalue weighted by atomic mass is 10.2. The van der Waals surface area contributed by atoms with Gasteiger partial charge >= 0.3 is 0 Å². The Bertz CT molecular complexity index is 1170. The van der Waals surface area contributed by atoms with E-state index >= 15 is 0 Å². The largest absolute Gasteiger partial charge is 0.504 e. The van der Waals surface area contributed by atoms with Crippen LogP contribution in [0.5, 0.6) is 11.5 Å². The van der Waals surface area contributed by atoms with Gasteiger partial charge in [-0.05, 0) is 59.8 Å². The van der Waals surface area contributed by atoms with Gasteiger partial charge in [0.1, 0.15) is 0 Å². The fourth-order valence-corrected chi connectivity index (χ4v) is 4.50. The van der Waals surface area contributed by atoms with Gasteiger partial charge in [0.05, 0.1) is 17.0 Å². The first-order valence-corrected chi connectivity index (χ1v) is 10.7. The molecule has 0 spiro atoms. The lowest BCUT2D eigenvalue weighted by Crippen LogP contribution is -2.19. The zero-order chi connectivity index (χ0) is 21.9. The molecule has 0 atom stereocenters. The van der Waals surface area contributed by atoms with Gasteiger partial charge in [-0.25, -0.2) is 0 Å². The third-order valence-electron chi connectivity index (χ3n) is 3.81. The summed E-state index contributed by atoms with van der Waals surface area (Å²) in [5.74, 6) is -0.690. The predicted molar refractivity (Wildman–Crippen MR) is 114 cm³/mol. The number of hydrogen-bond donors (Lipinski definition) is 3. The van der Waals surface area contributed by atoms with Crippen LogP contribution >= 0.6 is 11.8 Å². The molecule has 2 amide bonds. The van der Waals surface area contributed by atoms with Crippen molar-refractivity contribution in [2.75, 3.05) is 12.4 Å². The van der Waals surface area contributed by atoms with Gasteiger partial charge in [0, 0.05) is 12.6 Å². The van der Waals surface area contributed by atoms with Gasteiger partial charge in [-0.2, -0.15) is 8.42 Å². The Balaban J connectivity index is 1.82. The van der Waals surface area contributed by atoms with Crippen LogP contribution in [0.2, 0.25) is 0 Å². The molecule has 1 saturated heterocycles. The molecule has 9 nitrogen and oxygen atoms in total. The maximum absolute atomic E-state index is 12.5. The number of carbonyl (C=O) groups is 2. The molecule has 2 aromatic rings. The topological polar surface area (TPSA) is 134 Å². The number of sulfonamides is 1. The van der Waals surface area contributed by atoms with Crippen molar-refractivity contribution >= 4 is 50.4 Å². The first kappa shape index (κ1) is 21.4. The highest BCUT2D eigenvalue weighted by Gasteiger charge is 2.27.